The van der Waals surface area contributed by atoms with Crippen LogP contribution in [0.25, 0.3) is 0 Å². The molecule has 1 amide bonds. The van der Waals surface area contributed by atoms with Gasteiger partial charge >= 0.3 is 0 Å². The summed E-state index contributed by atoms with van der Waals surface area (Å²) in [4.78, 5) is 26.2. The number of hydrogen-bond donors (Lipinski definition) is 4. The molecule has 5 N–H and O–H groups in total. The maximum absolute atomic E-state index is 12.2. The van der Waals surface area contributed by atoms with Crippen molar-refractivity contribution >= 4 is 17.6 Å². The lowest BCUT2D eigenvalue weighted by Gasteiger charge is -2.40. The lowest BCUT2D eigenvalue weighted by Crippen LogP contribution is -2.63. The molecule has 112 valence electrons. The van der Waals surface area contributed by atoms with E-state index in [0.717, 1.165) is 25.8 Å². The highest BCUT2D eigenvalue weighted by Crippen LogP contribution is 2.18. The molecule has 1 unspecified atom stereocenters. The molecule has 2 rings (SSSR count). The minimum atomic E-state index is -0.325. The fourth-order valence-corrected chi connectivity index (χ4v) is 2.89. The summed E-state index contributed by atoms with van der Waals surface area (Å²) in [5, 5.41) is 12.7. The minimum absolute atomic E-state index is 0.0423. The summed E-state index contributed by atoms with van der Waals surface area (Å²) in [6.45, 7) is 2.10. The van der Waals surface area contributed by atoms with Crippen molar-refractivity contribution in [1.29, 1.82) is 5.41 Å². The van der Waals surface area contributed by atoms with Crippen LogP contribution in [0.3, 0.4) is 0 Å². The van der Waals surface area contributed by atoms with Gasteiger partial charge in [-0.05, 0) is 32.2 Å². The molecular weight excluding hydrogens is 258 g/mol. The highest BCUT2D eigenvalue weighted by atomic mass is 16.2. The molecular formula is C13H23N5O2. The third-order valence-electron chi connectivity index (χ3n) is 3.95. The monoisotopic (exact) mass is 281 g/mol. The summed E-state index contributed by atoms with van der Waals surface area (Å²) in [6, 6.07) is -0.486. The number of carbonyl (C=O) groups excluding carboxylic acids is 2. The van der Waals surface area contributed by atoms with Crippen molar-refractivity contribution in [2.24, 2.45) is 5.73 Å². The Kier molecular flexibility index (Phi) is 4.94. The number of rotatable bonds is 4. The first-order chi connectivity index (χ1) is 9.58. The van der Waals surface area contributed by atoms with Gasteiger partial charge in [-0.2, -0.15) is 0 Å². The Morgan fingerprint density at radius 1 is 1.45 bits per heavy atom. The Hall–Kier alpha value is -1.63. The van der Waals surface area contributed by atoms with Gasteiger partial charge in [-0.3, -0.25) is 19.9 Å². The van der Waals surface area contributed by atoms with E-state index in [1.165, 1.54) is 0 Å². The Morgan fingerprint density at radius 3 is 3.00 bits per heavy atom. The molecule has 2 fully saturated rings. The van der Waals surface area contributed by atoms with Gasteiger partial charge in [0.2, 0.25) is 5.91 Å². The van der Waals surface area contributed by atoms with Crippen LogP contribution in [-0.2, 0) is 9.59 Å². The summed E-state index contributed by atoms with van der Waals surface area (Å²) in [5.41, 5.74) is 5.22. The van der Waals surface area contributed by atoms with Crippen molar-refractivity contribution in [3.05, 3.63) is 0 Å². The third-order valence-corrected chi connectivity index (χ3v) is 3.95. The van der Waals surface area contributed by atoms with E-state index in [2.05, 4.69) is 15.5 Å². The van der Waals surface area contributed by atoms with Crippen LogP contribution in [0.4, 0.5) is 0 Å². The highest BCUT2D eigenvalue weighted by Gasteiger charge is 2.37. The first kappa shape index (κ1) is 14.8. The highest BCUT2D eigenvalue weighted by molar-refractivity contribution is 5.92. The molecule has 2 aliphatic heterocycles. The number of nitrogens with two attached hydrogens (primary N) is 1. The molecule has 0 radical (unpaired) electrons. The van der Waals surface area contributed by atoms with Gasteiger partial charge in [0.25, 0.3) is 0 Å². The van der Waals surface area contributed by atoms with Crippen LogP contribution in [0.15, 0.2) is 0 Å². The molecule has 2 aliphatic rings. The summed E-state index contributed by atoms with van der Waals surface area (Å²) in [6.07, 6.45) is 3.93. The SMILES string of the molecule is N=C(N)NCCC[C@H]1C(=O)N[C@H]2CN1CCCCC2=O. The standard InChI is InChI=1S/C13H23N5O2/c14-13(15)16-6-3-4-10-12(20)17-9-8-18(10)7-2-1-5-11(9)19/h9-10H,1-8H2,(H,17,20)(H4,14,15,16)/t9-,10-/m0/s1. The van der Waals surface area contributed by atoms with Gasteiger partial charge in [0.15, 0.2) is 11.7 Å². The molecule has 0 aromatic heterocycles. The second kappa shape index (κ2) is 6.69. The topological polar surface area (TPSA) is 111 Å². The smallest absolute Gasteiger partial charge is 0.237 e. The van der Waals surface area contributed by atoms with Gasteiger partial charge < -0.3 is 16.4 Å². The van der Waals surface area contributed by atoms with Crippen molar-refractivity contribution in [2.45, 2.75) is 44.2 Å². The fourth-order valence-electron chi connectivity index (χ4n) is 2.89. The number of amides is 1. The molecule has 0 spiro atoms. The second-order valence-corrected chi connectivity index (χ2v) is 5.48. The number of ketones is 1. The van der Waals surface area contributed by atoms with Crippen molar-refractivity contribution < 1.29 is 9.59 Å². The molecule has 2 saturated heterocycles. The number of Topliss-reactive ketones (excluding diaryl/α,β-unsaturated/α-hetero) is 1. The zero-order valence-corrected chi connectivity index (χ0v) is 11.7. The number of fused-ring (bicyclic) bond motifs is 2. The quantitative estimate of drug-likeness (QED) is 0.305. The summed E-state index contributed by atoms with van der Waals surface area (Å²) < 4.78 is 0. The van der Waals surface area contributed by atoms with Crippen molar-refractivity contribution in [3.8, 4) is 0 Å². The van der Waals surface area contributed by atoms with E-state index in [-0.39, 0.29) is 29.7 Å². The number of guanidine groups is 1. The molecule has 7 nitrogen and oxygen atoms in total. The van der Waals surface area contributed by atoms with Gasteiger partial charge in [-0.25, -0.2) is 0 Å². The van der Waals surface area contributed by atoms with E-state index in [1.54, 1.807) is 0 Å². The first-order valence-electron chi connectivity index (χ1n) is 7.23. The average molecular weight is 281 g/mol. The molecule has 20 heavy (non-hydrogen) atoms. The Morgan fingerprint density at radius 2 is 2.25 bits per heavy atom. The van der Waals surface area contributed by atoms with E-state index >= 15 is 0 Å². The van der Waals surface area contributed by atoms with Crippen LogP contribution in [0.1, 0.15) is 32.1 Å². The van der Waals surface area contributed by atoms with E-state index in [4.69, 9.17) is 11.1 Å². The van der Waals surface area contributed by atoms with Crippen molar-refractivity contribution in [1.82, 2.24) is 15.5 Å². The van der Waals surface area contributed by atoms with Gasteiger partial charge in [0.05, 0.1) is 6.04 Å². The maximum atomic E-state index is 12.2. The predicted octanol–water partition coefficient (Wildman–Crippen LogP) is -0.828. The Balaban J connectivity index is 1.90. The average Bonchev–Trinajstić information content (AvgIpc) is 2.39. The largest absolute Gasteiger partial charge is 0.370 e. The number of carbonyl (C=O) groups is 2. The van der Waals surface area contributed by atoms with E-state index in [1.807, 2.05) is 0 Å². The van der Waals surface area contributed by atoms with E-state index in [9.17, 15) is 9.59 Å². The van der Waals surface area contributed by atoms with Gasteiger partial charge in [0, 0.05) is 19.5 Å². The molecule has 2 heterocycles. The van der Waals surface area contributed by atoms with Gasteiger partial charge in [-0.15, -0.1) is 0 Å². The van der Waals surface area contributed by atoms with Gasteiger partial charge in [0.1, 0.15) is 6.04 Å². The van der Waals surface area contributed by atoms with Gasteiger partial charge in [-0.1, -0.05) is 0 Å². The molecule has 7 heteroatoms. The summed E-state index contributed by atoms with van der Waals surface area (Å²) in [7, 11) is 0. The number of piperazine rings is 1. The second-order valence-electron chi connectivity index (χ2n) is 5.48. The Labute approximate surface area is 118 Å². The summed E-state index contributed by atoms with van der Waals surface area (Å²) >= 11 is 0. The molecule has 0 aromatic rings. The first-order valence-corrected chi connectivity index (χ1v) is 7.23. The van der Waals surface area contributed by atoms with Crippen LogP contribution in [0, 0.1) is 5.41 Å². The zero-order chi connectivity index (χ0) is 14.5. The Bertz CT molecular complexity index is 398. The summed E-state index contributed by atoms with van der Waals surface area (Å²) in [5.74, 6) is 0.0640. The van der Waals surface area contributed by atoms with E-state index < -0.39 is 0 Å². The van der Waals surface area contributed by atoms with Crippen molar-refractivity contribution in [3.63, 3.8) is 0 Å². The number of nitrogens with one attached hydrogen (secondary N) is 3. The lowest BCUT2D eigenvalue weighted by molar-refractivity contribution is -0.137. The maximum Gasteiger partial charge on any atom is 0.237 e. The molecule has 0 aliphatic carbocycles. The molecule has 2 bridgehead atoms. The predicted molar refractivity (Wildman–Crippen MR) is 75.3 cm³/mol. The van der Waals surface area contributed by atoms with Crippen LogP contribution >= 0.6 is 0 Å². The number of nitrogens with zero attached hydrogens (tertiary/aromatic N) is 1. The van der Waals surface area contributed by atoms with Crippen LogP contribution in [-0.4, -0.2) is 54.3 Å². The molecule has 0 aromatic carbocycles. The van der Waals surface area contributed by atoms with Crippen molar-refractivity contribution in [2.75, 3.05) is 19.6 Å². The third kappa shape index (κ3) is 3.69. The number of hydrogen-bond acceptors (Lipinski definition) is 4. The van der Waals surface area contributed by atoms with Crippen LogP contribution in [0.5, 0.6) is 0 Å². The van der Waals surface area contributed by atoms with Crippen LogP contribution < -0.4 is 16.4 Å². The minimum Gasteiger partial charge on any atom is -0.370 e. The van der Waals surface area contributed by atoms with E-state index in [0.29, 0.717) is 25.9 Å². The lowest BCUT2D eigenvalue weighted by atomic mass is 9.96. The molecule has 3 atom stereocenters. The van der Waals surface area contributed by atoms with Crippen LogP contribution in [0.2, 0.25) is 0 Å². The molecule has 0 saturated carbocycles. The zero-order valence-electron chi connectivity index (χ0n) is 11.7. The fraction of sp³-hybridized carbons (Fsp3) is 0.769. The normalized spacial score (nSPS) is 30.1.